The molecular weight excluding hydrogens is 176 g/mol. The Bertz CT molecular complexity index is 258. The predicted octanol–water partition coefficient (Wildman–Crippen LogP) is 1.46. The van der Waals surface area contributed by atoms with Gasteiger partial charge in [0.25, 0.3) is 0 Å². The molecule has 0 radical (unpaired) electrons. The van der Waals surface area contributed by atoms with Gasteiger partial charge in [0.1, 0.15) is 5.76 Å². The van der Waals surface area contributed by atoms with E-state index in [1.165, 1.54) is 6.42 Å². The van der Waals surface area contributed by atoms with Crippen LogP contribution < -0.4 is 5.32 Å². The van der Waals surface area contributed by atoms with Gasteiger partial charge in [-0.05, 0) is 18.6 Å². The van der Waals surface area contributed by atoms with E-state index in [-0.39, 0.29) is 0 Å². The van der Waals surface area contributed by atoms with Crippen LogP contribution in [0.1, 0.15) is 19.1 Å². The zero-order valence-corrected chi connectivity index (χ0v) is 8.70. The molecule has 14 heavy (non-hydrogen) atoms. The van der Waals surface area contributed by atoms with Gasteiger partial charge in [0.05, 0.1) is 12.8 Å². The van der Waals surface area contributed by atoms with Crippen molar-refractivity contribution in [3.8, 4) is 0 Å². The van der Waals surface area contributed by atoms with Crippen LogP contribution in [0.2, 0.25) is 0 Å². The summed E-state index contributed by atoms with van der Waals surface area (Å²) in [6.07, 6.45) is 2.95. The monoisotopic (exact) mass is 194 g/mol. The van der Waals surface area contributed by atoms with E-state index in [1.807, 2.05) is 6.07 Å². The number of hydrogen-bond acceptors (Lipinski definition) is 3. The standard InChI is InChI=1S/C11H18N2O/c1-2-10-8-12-5-6-13(10)9-11-4-3-7-14-11/h3-4,7,10,12H,2,5-6,8-9H2,1H3. The maximum atomic E-state index is 5.37. The Balaban J connectivity index is 1.94. The first-order valence-electron chi connectivity index (χ1n) is 5.37. The summed E-state index contributed by atoms with van der Waals surface area (Å²) in [5.74, 6) is 1.07. The quantitative estimate of drug-likeness (QED) is 0.789. The molecule has 1 saturated heterocycles. The summed E-state index contributed by atoms with van der Waals surface area (Å²) in [6.45, 7) is 6.52. The Kier molecular flexibility index (Phi) is 3.22. The molecule has 1 N–H and O–H groups in total. The Hall–Kier alpha value is -0.800. The van der Waals surface area contributed by atoms with Crippen molar-refractivity contribution in [1.29, 1.82) is 0 Å². The normalized spacial score (nSPS) is 23.9. The highest BCUT2D eigenvalue weighted by atomic mass is 16.3. The van der Waals surface area contributed by atoms with Crippen LogP contribution in [0.3, 0.4) is 0 Å². The van der Waals surface area contributed by atoms with E-state index in [4.69, 9.17) is 4.42 Å². The minimum atomic E-state index is 0.661. The molecule has 0 amide bonds. The third-order valence-electron chi connectivity index (χ3n) is 2.88. The summed E-state index contributed by atoms with van der Waals surface area (Å²) < 4.78 is 5.37. The molecule has 1 aromatic heterocycles. The predicted molar refractivity (Wildman–Crippen MR) is 56.1 cm³/mol. The summed E-state index contributed by atoms with van der Waals surface area (Å²) in [4.78, 5) is 2.50. The number of furan rings is 1. The van der Waals surface area contributed by atoms with Gasteiger partial charge in [-0.2, -0.15) is 0 Å². The number of hydrogen-bond donors (Lipinski definition) is 1. The van der Waals surface area contributed by atoms with Gasteiger partial charge in [0.15, 0.2) is 0 Å². The number of piperazine rings is 1. The van der Waals surface area contributed by atoms with Crippen molar-refractivity contribution < 1.29 is 4.42 Å². The fourth-order valence-electron chi connectivity index (χ4n) is 2.02. The van der Waals surface area contributed by atoms with E-state index in [0.717, 1.165) is 31.9 Å². The summed E-state index contributed by atoms with van der Waals surface area (Å²) in [6, 6.07) is 4.67. The maximum Gasteiger partial charge on any atom is 0.117 e. The molecule has 1 aromatic rings. The lowest BCUT2D eigenvalue weighted by atomic mass is 10.1. The van der Waals surface area contributed by atoms with Gasteiger partial charge >= 0.3 is 0 Å². The molecule has 3 heteroatoms. The van der Waals surface area contributed by atoms with Crippen molar-refractivity contribution in [2.75, 3.05) is 19.6 Å². The lowest BCUT2D eigenvalue weighted by Gasteiger charge is -2.34. The number of nitrogens with zero attached hydrogens (tertiary/aromatic N) is 1. The Morgan fingerprint density at radius 3 is 3.29 bits per heavy atom. The molecule has 1 atom stereocenters. The van der Waals surface area contributed by atoms with Crippen LogP contribution >= 0.6 is 0 Å². The molecule has 0 aliphatic carbocycles. The van der Waals surface area contributed by atoms with Crippen molar-refractivity contribution >= 4 is 0 Å². The van der Waals surface area contributed by atoms with Crippen molar-refractivity contribution in [2.45, 2.75) is 25.9 Å². The average Bonchev–Trinajstić information content (AvgIpc) is 2.71. The van der Waals surface area contributed by atoms with E-state index < -0.39 is 0 Å². The van der Waals surface area contributed by atoms with Crippen LogP contribution in [-0.4, -0.2) is 30.6 Å². The molecule has 78 valence electrons. The summed E-state index contributed by atoms with van der Waals surface area (Å²) >= 11 is 0. The topological polar surface area (TPSA) is 28.4 Å². The second kappa shape index (κ2) is 4.62. The zero-order valence-electron chi connectivity index (χ0n) is 8.70. The Morgan fingerprint density at radius 1 is 1.64 bits per heavy atom. The molecule has 0 aromatic carbocycles. The maximum absolute atomic E-state index is 5.37. The van der Waals surface area contributed by atoms with Crippen LogP contribution in [0.4, 0.5) is 0 Å². The molecule has 0 saturated carbocycles. The van der Waals surface area contributed by atoms with Crippen molar-refractivity contribution in [3.63, 3.8) is 0 Å². The van der Waals surface area contributed by atoms with Crippen molar-refractivity contribution in [2.24, 2.45) is 0 Å². The Morgan fingerprint density at radius 2 is 2.57 bits per heavy atom. The zero-order chi connectivity index (χ0) is 9.80. The number of rotatable bonds is 3. The molecule has 3 nitrogen and oxygen atoms in total. The fourth-order valence-corrected chi connectivity index (χ4v) is 2.02. The van der Waals surface area contributed by atoms with Crippen LogP contribution in [0.5, 0.6) is 0 Å². The number of nitrogens with one attached hydrogen (secondary N) is 1. The van der Waals surface area contributed by atoms with Gasteiger partial charge in [0.2, 0.25) is 0 Å². The molecule has 1 unspecified atom stereocenters. The lowest BCUT2D eigenvalue weighted by Crippen LogP contribution is -2.50. The molecular formula is C11H18N2O. The minimum absolute atomic E-state index is 0.661. The van der Waals surface area contributed by atoms with Gasteiger partial charge in [-0.1, -0.05) is 6.92 Å². The van der Waals surface area contributed by atoms with Gasteiger partial charge in [0, 0.05) is 25.7 Å². The second-order valence-electron chi connectivity index (χ2n) is 3.82. The lowest BCUT2D eigenvalue weighted by molar-refractivity contribution is 0.138. The first-order valence-corrected chi connectivity index (χ1v) is 5.37. The second-order valence-corrected chi connectivity index (χ2v) is 3.82. The van der Waals surface area contributed by atoms with Crippen molar-refractivity contribution in [3.05, 3.63) is 24.2 Å². The van der Waals surface area contributed by atoms with Crippen LogP contribution in [0.25, 0.3) is 0 Å². The smallest absolute Gasteiger partial charge is 0.117 e. The SMILES string of the molecule is CCC1CNCCN1Cc1ccco1. The highest BCUT2D eigenvalue weighted by Gasteiger charge is 2.20. The minimum Gasteiger partial charge on any atom is -0.468 e. The van der Waals surface area contributed by atoms with E-state index in [0.29, 0.717) is 6.04 Å². The van der Waals surface area contributed by atoms with Gasteiger partial charge < -0.3 is 9.73 Å². The molecule has 0 bridgehead atoms. The molecule has 1 fully saturated rings. The van der Waals surface area contributed by atoms with Gasteiger partial charge in [-0.3, -0.25) is 4.90 Å². The van der Waals surface area contributed by atoms with Crippen LogP contribution in [0, 0.1) is 0 Å². The first kappa shape index (κ1) is 9.74. The third-order valence-corrected chi connectivity index (χ3v) is 2.88. The molecule has 2 heterocycles. The Labute approximate surface area is 85.1 Å². The van der Waals surface area contributed by atoms with Gasteiger partial charge in [-0.25, -0.2) is 0 Å². The molecule has 2 rings (SSSR count). The van der Waals surface area contributed by atoms with E-state index in [1.54, 1.807) is 6.26 Å². The highest BCUT2D eigenvalue weighted by molar-refractivity contribution is 4.99. The molecule has 1 aliphatic heterocycles. The van der Waals surface area contributed by atoms with E-state index in [2.05, 4.69) is 23.2 Å². The van der Waals surface area contributed by atoms with E-state index >= 15 is 0 Å². The largest absolute Gasteiger partial charge is 0.468 e. The van der Waals surface area contributed by atoms with E-state index in [9.17, 15) is 0 Å². The first-order chi connectivity index (χ1) is 6.90. The van der Waals surface area contributed by atoms with Crippen LogP contribution in [-0.2, 0) is 6.54 Å². The third kappa shape index (κ3) is 2.16. The van der Waals surface area contributed by atoms with Crippen molar-refractivity contribution in [1.82, 2.24) is 10.2 Å². The molecule has 1 aliphatic rings. The van der Waals surface area contributed by atoms with Gasteiger partial charge in [-0.15, -0.1) is 0 Å². The highest BCUT2D eigenvalue weighted by Crippen LogP contribution is 2.12. The summed E-state index contributed by atoms with van der Waals surface area (Å²) in [5.41, 5.74) is 0. The van der Waals surface area contributed by atoms with Crippen LogP contribution in [0.15, 0.2) is 22.8 Å². The fraction of sp³-hybridized carbons (Fsp3) is 0.636. The average molecular weight is 194 g/mol. The molecule has 0 spiro atoms. The summed E-state index contributed by atoms with van der Waals surface area (Å²) in [5, 5.41) is 3.42. The summed E-state index contributed by atoms with van der Waals surface area (Å²) in [7, 11) is 0.